The van der Waals surface area contributed by atoms with E-state index >= 15 is 0 Å². The number of aromatic nitrogens is 3. The van der Waals surface area contributed by atoms with Crippen LogP contribution in [0.25, 0.3) is 0 Å². The molecule has 0 spiro atoms. The van der Waals surface area contributed by atoms with Gasteiger partial charge in [-0.25, -0.2) is 14.5 Å². The van der Waals surface area contributed by atoms with Crippen LogP contribution in [0.15, 0.2) is 11.7 Å². The average molecular weight is 399 g/mol. The molecule has 0 aliphatic carbocycles. The first kappa shape index (κ1) is 22.9. The molecule has 0 saturated heterocycles. The molecule has 0 aliphatic heterocycles. The first-order valence-corrected chi connectivity index (χ1v) is 8.92. The second-order valence-corrected chi connectivity index (χ2v) is 6.94. The fraction of sp³-hybridized carbons (Fsp3) is 0.417. The summed E-state index contributed by atoms with van der Waals surface area (Å²) in [5, 5.41) is 0. The maximum atomic E-state index is 10.7. The fourth-order valence-electron chi connectivity index (χ4n) is 1.92. The van der Waals surface area contributed by atoms with Crippen LogP contribution in [0.2, 0.25) is 0 Å². The number of nitrogens with zero attached hydrogens (tertiary/aromatic N) is 3. The number of aryl methyl sites for hydroxylation is 1. The van der Waals surface area contributed by atoms with Crippen LogP contribution < -0.4 is 22.7 Å². The molecule has 0 unspecified atom stereocenters. The lowest BCUT2D eigenvalue weighted by molar-refractivity contribution is -0.689. The fourth-order valence-corrected chi connectivity index (χ4v) is 3.23. The van der Waals surface area contributed by atoms with E-state index in [1.165, 1.54) is 11.3 Å². The summed E-state index contributed by atoms with van der Waals surface area (Å²) < 4.78 is 17.1. The summed E-state index contributed by atoms with van der Waals surface area (Å²) in [7, 11) is -4.41. The summed E-state index contributed by atoms with van der Waals surface area (Å²) in [5.41, 5.74) is 9.65. The number of halogens is 1. The SMILES string of the molecule is Cc1ncc(C[n+]2csc(CCOP(=O)(O)O)c2C)c(N)n1.O.[Cl-]. The predicted molar refractivity (Wildman–Crippen MR) is 84.8 cm³/mol. The van der Waals surface area contributed by atoms with Crippen molar-refractivity contribution in [2.24, 2.45) is 0 Å². The summed E-state index contributed by atoms with van der Waals surface area (Å²) >= 11 is 1.50. The smallest absolute Gasteiger partial charge is 0.469 e. The Morgan fingerprint density at radius 3 is 2.67 bits per heavy atom. The highest BCUT2D eigenvalue weighted by atomic mass is 35.5. The van der Waals surface area contributed by atoms with Crippen molar-refractivity contribution < 1.29 is 41.3 Å². The zero-order chi connectivity index (χ0) is 16.3. The van der Waals surface area contributed by atoms with Crippen LogP contribution in [0.1, 0.15) is 22.0 Å². The van der Waals surface area contributed by atoms with Gasteiger partial charge < -0.3 is 33.4 Å². The number of nitrogen functional groups attached to an aromatic ring is 1. The quantitative estimate of drug-likeness (QED) is 0.344. The maximum absolute atomic E-state index is 10.7. The Balaban J connectivity index is 0.00000264. The maximum Gasteiger partial charge on any atom is 0.469 e. The van der Waals surface area contributed by atoms with Gasteiger partial charge in [0.05, 0.1) is 17.0 Å². The van der Waals surface area contributed by atoms with Crippen molar-refractivity contribution in [3.05, 3.63) is 33.7 Å². The van der Waals surface area contributed by atoms with Gasteiger partial charge in [-0.2, -0.15) is 4.57 Å². The third kappa shape index (κ3) is 6.40. The largest absolute Gasteiger partial charge is 1.00 e. The third-order valence-electron chi connectivity index (χ3n) is 3.10. The highest BCUT2D eigenvalue weighted by molar-refractivity contribution is 7.46. The van der Waals surface area contributed by atoms with Crippen LogP contribution >= 0.6 is 19.2 Å². The van der Waals surface area contributed by atoms with Gasteiger partial charge in [-0.05, 0) is 6.92 Å². The summed E-state index contributed by atoms with van der Waals surface area (Å²) in [5.74, 6) is 1.08. The molecule has 2 heterocycles. The van der Waals surface area contributed by atoms with Crippen LogP contribution in [0.4, 0.5) is 5.82 Å². The van der Waals surface area contributed by atoms with Gasteiger partial charge in [0, 0.05) is 19.5 Å². The lowest BCUT2D eigenvalue weighted by Crippen LogP contribution is -3.00. The van der Waals surface area contributed by atoms with Gasteiger partial charge in [-0.15, -0.1) is 0 Å². The number of nitrogens with two attached hydrogens (primary N) is 1. The van der Waals surface area contributed by atoms with Gasteiger partial charge in [0.15, 0.2) is 12.2 Å². The minimum absolute atomic E-state index is 0. The standard InChI is InChI=1S/C12H17N4O4PS.ClH.H2O/c1-8-11(3-4-20-21(17,18)19)22-7-16(8)6-10-5-14-9(2)15-12(10)13;;/h5,7H,3-4,6H2,1-2H3,(H3-,13,14,15,17,18,19);1H;1H2. The van der Waals surface area contributed by atoms with E-state index in [0.717, 1.165) is 16.1 Å². The number of rotatable bonds is 6. The Labute approximate surface area is 149 Å². The summed E-state index contributed by atoms with van der Waals surface area (Å²) in [6.45, 7) is 4.24. The van der Waals surface area contributed by atoms with E-state index in [2.05, 4.69) is 14.5 Å². The van der Waals surface area contributed by atoms with Gasteiger partial charge in [0.25, 0.3) is 0 Å². The van der Waals surface area contributed by atoms with Crippen LogP contribution in [0, 0.1) is 13.8 Å². The van der Waals surface area contributed by atoms with E-state index in [4.69, 9.17) is 15.5 Å². The zero-order valence-electron chi connectivity index (χ0n) is 13.1. The molecule has 2 rings (SSSR count). The zero-order valence-corrected chi connectivity index (χ0v) is 15.6. The molecule has 6 N–H and O–H groups in total. The number of thiazole rings is 1. The second-order valence-electron chi connectivity index (χ2n) is 4.76. The highest BCUT2D eigenvalue weighted by Gasteiger charge is 2.19. The van der Waals surface area contributed by atoms with Crippen LogP contribution in [-0.2, 0) is 22.1 Å². The van der Waals surface area contributed by atoms with Crippen LogP contribution in [-0.4, -0.2) is 31.8 Å². The molecule has 2 aromatic heterocycles. The molecule has 0 aromatic carbocycles. The molecule has 0 bridgehead atoms. The van der Waals surface area contributed by atoms with Crippen molar-refractivity contribution in [3.63, 3.8) is 0 Å². The molecular weight excluding hydrogens is 379 g/mol. The molecule has 9 nitrogen and oxygen atoms in total. The highest BCUT2D eigenvalue weighted by Crippen LogP contribution is 2.35. The van der Waals surface area contributed by atoms with Crippen LogP contribution in [0.5, 0.6) is 0 Å². The summed E-state index contributed by atoms with van der Waals surface area (Å²) in [4.78, 5) is 26.6. The molecule has 136 valence electrons. The van der Waals surface area contributed by atoms with Crippen molar-refractivity contribution in [1.29, 1.82) is 0 Å². The summed E-state index contributed by atoms with van der Waals surface area (Å²) in [6.07, 6.45) is 2.15. The number of hydrogen-bond donors (Lipinski definition) is 3. The van der Waals surface area contributed by atoms with Gasteiger partial charge in [-0.3, -0.25) is 4.52 Å². The van der Waals surface area contributed by atoms with Crippen molar-refractivity contribution in [3.8, 4) is 0 Å². The molecule has 0 atom stereocenters. The van der Waals surface area contributed by atoms with E-state index in [-0.39, 0.29) is 24.5 Å². The van der Waals surface area contributed by atoms with Crippen molar-refractivity contribution in [2.75, 3.05) is 12.3 Å². The van der Waals surface area contributed by atoms with Crippen molar-refractivity contribution >= 4 is 25.0 Å². The molecule has 0 radical (unpaired) electrons. The van der Waals surface area contributed by atoms with Crippen molar-refractivity contribution in [2.45, 2.75) is 26.8 Å². The van der Waals surface area contributed by atoms with Crippen LogP contribution in [0.3, 0.4) is 0 Å². The Kier molecular flexibility index (Phi) is 8.94. The molecular formula is C12H20ClN4O5PS. The Morgan fingerprint density at radius 2 is 2.08 bits per heavy atom. The number of anilines is 1. The summed E-state index contributed by atoms with van der Waals surface area (Å²) in [6, 6.07) is 0. The van der Waals surface area contributed by atoms with Gasteiger partial charge in [0.2, 0.25) is 5.51 Å². The van der Waals surface area contributed by atoms with E-state index in [9.17, 15) is 4.57 Å². The Bertz CT molecular complexity index is 723. The average Bonchev–Trinajstić information content (AvgIpc) is 2.73. The number of phosphoric ester groups is 1. The molecule has 0 aliphatic rings. The van der Waals surface area contributed by atoms with Crippen molar-refractivity contribution in [1.82, 2.24) is 9.97 Å². The molecule has 0 fully saturated rings. The molecule has 2 aromatic rings. The molecule has 0 saturated carbocycles. The second kappa shape index (κ2) is 9.38. The number of phosphoric acid groups is 1. The molecule has 24 heavy (non-hydrogen) atoms. The monoisotopic (exact) mass is 398 g/mol. The third-order valence-corrected chi connectivity index (χ3v) is 4.77. The first-order valence-electron chi connectivity index (χ1n) is 6.51. The van der Waals surface area contributed by atoms with E-state index in [1.54, 1.807) is 13.1 Å². The van der Waals surface area contributed by atoms with E-state index in [1.807, 2.05) is 17.0 Å². The lowest BCUT2D eigenvalue weighted by atomic mass is 10.2. The topological polar surface area (TPSA) is 154 Å². The number of hydrogen-bond acceptors (Lipinski definition) is 6. The van der Waals surface area contributed by atoms with Gasteiger partial charge in [0.1, 0.15) is 11.6 Å². The Hall–Kier alpha value is -1.13. The van der Waals surface area contributed by atoms with Gasteiger partial charge in [-0.1, -0.05) is 11.3 Å². The normalized spacial score (nSPS) is 10.8. The lowest BCUT2D eigenvalue weighted by Gasteiger charge is -2.04. The first-order chi connectivity index (χ1) is 10.3. The molecule has 12 heteroatoms. The minimum Gasteiger partial charge on any atom is -1.00 e. The van der Waals surface area contributed by atoms with E-state index < -0.39 is 7.82 Å². The van der Waals surface area contributed by atoms with E-state index in [0.29, 0.717) is 24.6 Å². The molecule has 0 amide bonds. The minimum atomic E-state index is -4.41. The predicted octanol–water partition coefficient (Wildman–Crippen LogP) is -3.10. The van der Waals surface area contributed by atoms with Gasteiger partial charge >= 0.3 is 7.82 Å². The Morgan fingerprint density at radius 1 is 1.42 bits per heavy atom.